The number of allylic oxidation sites excluding steroid dienone is 1. The number of carbonyl (C=O) groups is 1. The second kappa shape index (κ2) is 9.25. The SMILES string of the molecule is COc1ccc(C2CCC(C3CCC(C/C=C/C(=O)O)CC3)CC2)cc1. The first-order valence-electron chi connectivity index (χ1n) is 10.2. The highest BCUT2D eigenvalue weighted by molar-refractivity contribution is 5.79. The van der Waals surface area contributed by atoms with E-state index in [2.05, 4.69) is 24.3 Å². The Hall–Kier alpha value is -1.77. The zero-order chi connectivity index (χ0) is 18.4. The van der Waals surface area contributed by atoms with Crippen LogP contribution in [0.25, 0.3) is 0 Å². The number of carboxylic acids is 1. The van der Waals surface area contributed by atoms with Crippen molar-refractivity contribution >= 4 is 5.97 Å². The molecule has 1 aromatic rings. The first kappa shape index (κ1) is 19.0. The van der Waals surface area contributed by atoms with Crippen LogP contribution in [0.5, 0.6) is 5.75 Å². The summed E-state index contributed by atoms with van der Waals surface area (Å²) in [5, 5.41) is 8.69. The van der Waals surface area contributed by atoms with Crippen LogP contribution in [0.4, 0.5) is 0 Å². The van der Waals surface area contributed by atoms with Crippen molar-refractivity contribution in [3.8, 4) is 5.75 Å². The molecule has 0 unspecified atom stereocenters. The summed E-state index contributed by atoms with van der Waals surface area (Å²) in [6, 6.07) is 8.64. The van der Waals surface area contributed by atoms with Crippen LogP contribution in [-0.4, -0.2) is 18.2 Å². The van der Waals surface area contributed by atoms with Crippen molar-refractivity contribution in [1.29, 1.82) is 0 Å². The molecule has 0 heterocycles. The van der Waals surface area contributed by atoms with Crippen molar-refractivity contribution in [2.75, 3.05) is 7.11 Å². The van der Waals surface area contributed by atoms with Crippen molar-refractivity contribution in [1.82, 2.24) is 0 Å². The molecule has 3 nitrogen and oxygen atoms in total. The topological polar surface area (TPSA) is 46.5 Å². The molecule has 2 saturated carbocycles. The van der Waals surface area contributed by atoms with E-state index in [1.807, 2.05) is 6.08 Å². The van der Waals surface area contributed by atoms with E-state index in [1.54, 1.807) is 7.11 Å². The molecule has 0 spiro atoms. The van der Waals surface area contributed by atoms with Crippen LogP contribution in [0.1, 0.15) is 69.3 Å². The fourth-order valence-electron chi connectivity index (χ4n) is 5.06. The molecule has 3 heteroatoms. The fraction of sp³-hybridized carbons (Fsp3) is 0.609. The monoisotopic (exact) mass is 356 g/mol. The molecular weight excluding hydrogens is 324 g/mol. The van der Waals surface area contributed by atoms with E-state index in [1.165, 1.54) is 63.0 Å². The van der Waals surface area contributed by atoms with Crippen molar-refractivity contribution in [3.63, 3.8) is 0 Å². The molecule has 3 rings (SSSR count). The lowest BCUT2D eigenvalue weighted by Gasteiger charge is -2.38. The predicted molar refractivity (Wildman–Crippen MR) is 105 cm³/mol. The molecule has 0 radical (unpaired) electrons. The molecule has 0 atom stereocenters. The average Bonchev–Trinajstić information content (AvgIpc) is 2.68. The maximum Gasteiger partial charge on any atom is 0.327 e. The lowest BCUT2D eigenvalue weighted by molar-refractivity contribution is -0.131. The van der Waals surface area contributed by atoms with E-state index in [4.69, 9.17) is 9.84 Å². The zero-order valence-corrected chi connectivity index (χ0v) is 15.9. The Kier molecular flexibility index (Phi) is 6.76. The lowest BCUT2D eigenvalue weighted by Crippen LogP contribution is -2.25. The minimum Gasteiger partial charge on any atom is -0.497 e. The number of carboxylic acid groups (broad SMARTS) is 1. The quantitative estimate of drug-likeness (QED) is 0.655. The molecule has 0 aliphatic heterocycles. The third-order valence-corrected chi connectivity index (χ3v) is 6.65. The van der Waals surface area contributed by atoms with Gasteiger partial charge in [0.25, 0.3) is 0 Å². The van der Waals surface area contributed by atoms with Crippen LogP contribution in [0.2, 0.25) is 0 Å². The van der Waals surface area contributed by atoms with Crippen LogP contribution < -0.4 is 4.74 Å². The van der Waals surface area contributed by atoms with Crippen molar-refractivity contribution < 1.29 is 14.6 Å². The van der Waals surface area contributed by atoms with Gasteiger partial charge in [-0.05, 0) is 99.2 Å². The molecule has 2 aliphatic rings. The van der Waals surface area contributed by atoms with Gasteiger partial charge < -0.3 is 9.84 Å². The Balaban J connectivity index is 1.42. The predicted octanol–water partition coefficient (Wildman–Crippen LogP) is 5.81. The van der Waals surface area contributed by atoms with Gasteiger partial charge in [-0.1, -0.05) is 18.2 Å². The molecule has 0 bridgehead atoms. The average molecular weight is 357 g/mol. The van der Waals surface area contributed by atoms with Crippen molar-refractivity contribution in [2.45, 2.75) is 63.7 Å². The van der Waals surface area contributed by atoms with Gasteiger partial charge in [0.05, 0.1) is 7.11 Å². The van der Waals surface area contributed by atoms with Gasteiger partial charge in [0.2, 0.25) is 0 Å². The molecule has 2 fully saturated rings. The van der Waals surface area contributed by atoms with Gasteiger partial charge in [0.15, 0.2) is 0 Å². The van der Waals surface area contributed by atoms with Gasteiger partial charge >= 0.3 is 5.97 Å². The number of rotatable bonds is 6. The van der Waals surface area contributed by atoms with Gasteiger partial charge in [0.1, 0.15) is 5.75 Å². The molecule has 0 saturated heterocycles. The normalized spacial score (nSPS) is 29.6. The van der Waals surface area contributed by atoms with Gasteiger partial charge in [-0.25, -0.2) is 4.79 Å². The first-order valence-corrected chi connectivity index (χ1v) is 10.2. The lowest BCUT2D eigenvalue weighted by atomic mass is 9.68. The smallest absolute Gasteiger partial charge is 0.327 e. The van der Waals surface area contributed by atoms with E-state index >= 15 is 0 Å². The molecular formula is C23H32O3. The van der Waals surface area contributed by atoms with Crippen LogP contribution in [0.15, 0.2) is 36.4 Å². The Morgan fingerprint density at radius 2 is 1.58 bits per heavy atom. The molecule has 0 amide bonds. The van der Waals surface area contributed by atoms with Crippen LogP contribution >= 0.6 is 0 Å². The molecule has 26 heavy (non-hydrogen) atoms. The summed E-state index contributed by atoms with van der Waals surface area (Å²) < 4.78 is 5.26. The van der Waals surface area contributed by atoms with Crippen molar-refractivity contribution in [3.05, 3.63) is 42.0 Å². The van der Waals surface area contributed by atoms with E-state index < -0.39 is 5.97 Å². The largest absolute Gasteiger partial charge is 0.497 e. The molecule has 2 aliphatic carbocycles. The summed E-state index contributed by atoms with van der Waals surface area (Å²) in [5.74, 6) is 3.32. The summed E-state index contributed by atoms with van der Waals surface area (Å²) in [7, 11) is 1.72. The van der Waals surface area contributed by atoms with Crippen molar-refractivity contribution in [2.24, 2.45) is 17.8 Å². The van der Waals surface area contributed by atoms with Gasteiger partial charge in [-0.15, -0.1) is 0 Å². The summed E-state index contributed by atoms with van der Waals surface area (Å²) in [6.07, 6.45) is 14.7. The highest BCUT2D eigenvalue weighted by Gasteiger charge is 2.31. The Labute approximate surface area is 157 Å². The van der Waals surface area contributed by atoms with E-state index in [0.29, 0.717) is 5.92 Å². The van der Waals surface area contributed by atoms with Gasteiger partial charge in [0, 0.05) is 6.08 Å². The standard InChI is InChI=1S/C23H32O3/c1-26-22-15-13-21(14-16-22)20-11-9-19(10-12-20)18-7-5-17(6-8-18)3-2-4-23(24)25/h2,4,13-20H,3,5-12H2,1H3,(H,24,25)/b4-2+. The first-order chi connectivity index (χ1) is 12.7. The molecule has 142 valence electrons. The maximum absolute atomic E-state index is 10.6. The van der Waals surface area contributed by atoms with E-state index in [-0.39, 0.29) is 0 Å². The number of benzene rings is 1. The Bertz CT molecular complexity index is 588. The third-order valence-electron chi connectivity index (χ3n) is 6.65. The minimum absolute atomic E-state index is 0.692. The van der Waals surface area contributed by atoms with Crippen LogP contribution in [0.3, 0.4) is 0 Å². The van der Waals surface area contributed by atoms with Gasteiger partial charge in [-0.2, -0.15) is 0 Å². The summed E-state index contributed by atoms with van der Waals surface area (Å²) >= 11 is 0. The summed E-state index contributed by atoms with van der Waals surface area (Å²) in [4.78, 5) is 10.6. The molecule has 1 N–H and O–H groups in total. The number of hydrogen-bond donors (Lipinski definition) is 1. The van der Waals surface area contributed by atoms with Gasteiger partial charge in [-0.3, -0.25) is 0 Å². The van der Waals surface area contributed by atoms with E-state index in [9.17, 15) is 4.79 Å². The second-order valence-electron chi connectivity index (χ2n) is 8.14. The Morgan fingerprint density at radius 3 is 2.12 bits per heavy atom. The number of hydrogen-bond acceptors (Lipinski definition) is 2. The van der Waals surface area contributed by atoms with Crippen LogP contribution in [0, 0.1) is 17.8 Å². The highest BCUT2D eigenvalue weighted by atomic mass is 16.5. The highest BCUT2D eigenvalue weighted by Crippen LogP contribution is 2.44. The second-order valence-corrected chi connectivity index (χ2v) is 8.14. The summed E-state index contributed by atoms with van der Waals surface area (Å²) in [5.41, 5.74) is 1.47. The molecule has 1 aromatic carbocycles. The minimum atomic E-state index is -0.827. The number of ether oxygens (including phenoxy) is 1. The zero-order valence-electron chi connectivity index (χ0n) is 15.9. The van der Waals surface area contributed by atoms with E-state index in [0.717, 1.165) is 29.9 Å². The fourth-order valence-corrected chi connectivity index (χ4v) is 5.06. The third kappa shape index (κ3) is 5.12. The number of aliphatic carboxylic acids is 1. The molecule has 0 aromatic heterocycles. The maximum atomic E-state index is 10.6. The Morgan fingerprint density at radius 1 is 1.00 bits per heavy atom. The van der Waals surface area contributed by atoms with Crippen LogP contribution in [-0.2, 0) is 4.79 Å². The summed E-state index contributed by atoms with van der Waals surface area (Å²) in [6.45, 7) is 0. The number of methoxy groups -OCH3 is 1.